The summed E-state index contributed by atoms with van der Waals surface area (Å²) >= 11 is 0. The topological polar surface area (TPSA) is 350 Å². The van der Waals surface area contributed by atoms with Gasteiger partial charge in [0.1, 0.15) is 17.2 Å². The smallest absolute Gasteiger partial charge is 0.308 e. The van der Waals surface area contributed by atoms with Crippen LogP contribution in [0.3, 0.4) is 0 Å². The van der Waals surface area contributed by atoms with Crippen LogP contribution in [0.25, 0.3) is 0 Å². The van der Waals surface area contributed by atoms with Gasteiger partial charge in [-0.15, -0.1) is 0 Å². The Kier molecular flexibility index (Phi) is 22.4. The SMILES string of the molecule is Cn1cc(NC(=O)c2nc(NC(=O)CCC(=O)Nc3cc(NC(=O)c4nccn4C)cn3C)cn2C)cc1NC(=O)CCC(=O)Nc1cn(C)c(NC(=O)CCC(=O)NCCOCCOCCOCCC(=O)OC(C)(C)C)n1. The molecule has 5 rings (SSSR count). The number of aromatic nitrogens is 8. The molecule has 5 heterocycles. The molecule has 0 saturated heterocycles. The third-order valence-corrected chi connectivity index (χ3v) is 10.7. The second kappa shape index (κ2) is 29.0. The van der Waals surface area contributed by atoms with E-state index < -0.39 is 47.0 Å². The van der Waals surface area contributed by atoms with Crippen LogP contribution in [0.5, 0.6) is 0 Å². The lowest BCUT2D eigenvalue weighted by Crippen LogP contribution is -2.28. The first-order chi connectivity index (χ1) is 37.0. The maximum absolute atomic E-state index is 13.2. The quantitative estimate of drug-likeness (QED) is 0.0242. The number of esters is 1. The monoisotopic (exact) mass is 1090 g/mol. The Labute approximate surface area is 448 Å². The zero-order valence-corrected chi connectivity index (χ0v) is 44.9. The van der Waals surface area contributed by atoms with E-state index in [1.165, 1.54) is 33.8 Å². The van der Waals surface area contributed by atoms with Gasteiger partial charge < -0.3 is 79.0 Å². The first-order valence-electron chi connectivity index (χ1n) is 24.7. The number of amides is 8. The number of hydrogen-bond acceptors (Lipinski definition) is 16. The van der Waals surface area contributed by atoms with Gasteiger partial charge in [0.2, 0.25) is 47.2 Å². The van der Waals surface area contributed by atoms with Gasteiger partial charge in [0.05, 0.1) is 57.4 Å². The van der Waals surface area contributed by atoms with Gasteiger partial charge in [-0.25, -0.2) is 9.97 Å². The van der Waals surface area contributed by atoms with Crippen molar-refractivity contribution in [3.63, 3.8) is 0 Å². The Morgan fingerprint density at radius 1 is 0.474 bits per heavy atom. The molecule has 0 spiro atoms. The minimum atomic E-state index is -0.622. The number of carbonyl (C=O) groups is 9. The molecule has 0 saturated carbocycles. The second-order valence-corrected chi connectivity index (χ2v) is 18.6. The summed E-state index contributed by atoms with van der Waals surface area (Å²) in [7, 11) is 8.17. The Bertz CT molecular complexity index is 2920. The standard InChI is InChI=1S/C49H68N16O13/c1-49(2,3)78-43(72)15-19-75-21-23-77-24-22-76-20-17-50-37(66)9-10-42(71)60-48-57-34(30-65(48)8)55-39(68)12-14-41(70)59-36-26-32(28-63(36)6)53-47(74)45-56-33(29-64(45)7)54-38(67)11-13-40(69)58-35-25-31(27-62(35)5)52-46(73)44-51-16-18-61(44)4/h16,18,25-30H,9-15,17,19-24H2,1-8H3,(H,50,66)(H,52,73)(H,53,74)(H,54,67)(H,55,68)(H,58,69)(H,59,70)(H,57,60,71). The van der Waals surface area contributed by atoms with Gasteiger partial charge in [-0.2, -0.15) is 4.98 Å². The highest BCUT2D eigenvalue weighted by atomic mass is 16.6. The number of ether oxygens (including phenoxy) is 4. The lowest BCUT2D eigenvalue weighted by atomic mass is 10.2. The van der Waals surface area contributed by atoms with Gasteiger partial charge in [0, 0.05) is 130 Å². The summed E-state index contributed by atoms with van der Waals surface area (Å²) < 4.78 is 29.0. The van der Waals surface area contributed by atoms with Crippen molar-refractivity contribution in [2.75, 3.05) is 83.4 Å². The van der Waals surface area contributed by atoms with Crippen LogP contribution < -0.4 is 42.5 Å². The molecule has 0 bridgehead atoms. The molecule has 0 aliphatic heterocycles. The Balaban J connectivity index is 0.925. The van der Waals surface area contributed by atoms with Crippen LogP contribution in [0.4, 0.5) is 40.6 Å². The fourth-order valence-corrected chi connectivity index (χ4v) is 6.98. The van der Waals surface area contributed by atoms with Gasteiger partial charge in [0.15, 0.2) is 17.5 Å². The minimum Gasteiger partial charge on any atom is -0.460 e. The van der Waals surface area contributed by atoms with Gasteiger partial charge in [0.25, 0.3) is 11.8 Å². The van der Waals surface area contributed by atoms with E-state index in [0.29, 0.717) is 49.4 Å². The molecule has 422 valence electrons. The average Bonchev–Trinajstić information content (AvgIpc) is 4.20. The molecule has 0 fully saturated rings. The summed E-state index contributed by atoms with van der Waals surface area (Å²) in [6, 6.07) is 3.08. The van der Waals surface area contributed by atoms with Crippen LogP contribution in [-0.4, -0.2) is 143 Å². The van der Waals surface area contributed by atoms with Crippen molar-refractivity contribution >= 4 is 93.8 Å². The summed E-state index contributed by atoms with van der Waals surface area (Å²) in [6.07, 6.45) is 8.37. The Morgan fingerprint density at radius 2 is 0.936 bits per heavy atom. The summed E-state index contributed by atoms with van der Waals surface area (Å²) in [5.74, 6) is -2.99. The van der Waals surface area contributed by atoms with Crippen LogP contribution in [0.2, 0.25) is 0 Å². The number of nitrogens with zero attached hydrogens (tertiary/aromatic N) is 8. The van der Waals surface area contributed by atoms with E-state index in [-0.39, 0.29) is 106 Å². The average molecular weight is 1090 g/mol. The highest BCUT2D eigenvalue weighted by Crippen LogP contribution is 2.21. The number of imidazole rings is 3. The van der Waals surface area contributed by atoms with E-state index in [1.54, 1.807) is 94.4 Å². The van der Waals surface area contributed by atoms with Crippen molar-refractivity contribution in [1.29, 1.82) is 0 Å². The maximum atomic E-state index is 13.2. The molecule has 29 nitrogen and oxygen atoms in total. The lowest BCUT2D eigenvalue weighted by Gasteiger charge is -2.19. The van der Waals surface area contributed by atoms with E-state index in [4.69, 9.17) is 18.9 Å². The van der Waals surface area contributed by atoms with E-state index in [0.717, 1.165) is 0 Å². The van der Waals surface area contributed by atoms with Crippen molar-refractivity contribution in [2.24, 2.45) is 35.2 Å². The number of nitrogens with one attached hydrogen (secondary N) is 8. The summed E-state index contributed by atoms with van der Waals surface area (Å²) in [5.41, 5.74) is 0.209. The molecular formula is C49H68N16O13. The molecule has 5 aromatic heterocycles. The lowest BCUT2D eigenvalue weighted by molar-refractivity contribution is -0.156. The molecule has 8 N–H and O–H groups in total. The van der Waals surface area contributed by atoms with Crippen LogP contribution in [0, 0.1) is 0 Å². The van der Waals surface area contributed by atoms with E-state index >= 15 is 0 Å². The first-order valence-corrected chi connectivity index (χ1v) is 24.7. The van der Waals surface area contributed by atoms with Gasteiger partial charge in [-0.1, -0.05) is 0 Å². The molecule has 0 aliphatic carbocycles. The molecule has 0 aliphatic rings. The molecule has 0 unspecified atom stereocenters. The molecule has 0 radical (unpaired) electrons. The fourth-order valence-electron chi connectivity index (χ4n) is 6.98. The number of hydrogen-bond donors (Lipinski definition) is 8. The Hall–Kier alpha value is -8.70. The Morgan fingerprint density at radius 3 is 1.46 bits per heavy atom. The third-order valence-electron chi connectivity index (χ3n) is 10.7. The van der Waals surface area contributed by atoms with Crippen molar-refractivity contribution in [2.45, 2.75) is 71.3 Å². The van der Waals surface area contributed by atoms with E-state index in [2.05, 4.69) is 57.5 Å². The van der Waals surface area contributed by atoms with Crippen LogP contribution >= 0.6 is 0 Å². The van der Waals surface area contributed by atoms with Crippen LogP contribution in [0.1, 0.15) is 87.0 Å². The maximum Gasteiger partial charge on any atom is 0.308 e. The molecule has 8 amide bonds. The number of carbonyl (C=O) groups excluding carboxylic acids is 9. The molecule has 5 aromatic rings. The highest BCUT2D eigenvalue weighted by Gasteiger charge is 2.21. The summed E-state index contributed by atoms with van der Waals surface area (Å²) in [6.45, 7) is 7.39. The third kappa shape index (κ3) is 20.4. The zero-order chi connectivity index (χ0) is 56.9. The van der Waals surface area contributed by atoms with Crippen molar-refractivity contribution in [3.05, 3.63) is 61.0 Å². The fraction of sp³-hybridized carbons (Fsp3) is 0.469. The number of anilines is 7. The highest BCUT2D eigenvalue weighted by molar-refractivity contribution is 6.04. The predicted octanol–water partition coefficient (Wildman–Crippen LogP) is 2.40. The first kappa shape index (κ1) is 60.2. The largest absolute Gasteiger partial charge is 0.460 e. The van der Waals surface area contributed by atoms with Crippen molar-refractivity contribution in [1.82, 2.24) is 43.1 Å². The van der Waals surface area contributed by atoms with Crippen molar-refractivity contribution < 1.29 is 62.1 Å². The minimum absolute atomic E-state index is 0.0475. The van der Waals surface area contributed by atoms with Crippen LogP contribution in [0.15, 0.2) is 49.3 Å². The van der Waals surface area contributed by atoms with E-state index in [1.807, 2.05) is 0 Å². The second-order valence-electron chi connectivity index (χ2n) is 18.6. The zero-order valence-electron chi connectivity index (χ0n) is 44.9. The molecule has 0 aromatic carbocycles. The van der Waals surface area contributed by atoms with Crippen molar-refractivity contribution in [3.8, 4) is 0 Å². The van der Waals surface area contributed by atoms with E-state index in [9.17, 15) is 43.2 Å². The van der Waals surface area contributed by atoms with Gasteiger partial charge in [-0.05, 0) is 20.8 Å². The number of aryl methyl sites for hydroxylation is 5. The summed E-state index contributed by atoms with van der Waals surface area (Å²) in [4.78, 5) is 126. The van der Waals surface area contributed by atoms with Gasteiger partial charge >= 0.3 is 5.97 Å². The van der Waals surface area contributed by atoms with Crippen LogP contribution in [-0.2, 0) is 87.7 Å². The summed E-state index contributed by atoms with van der Waals surface area (Å²) in [5, 5.41) is 21.3. The van der Waals surface area contributed by atoms with Gasteiger partial charge in [-0.3, -0.25) is 48.5 Å². The molecular weight excluding hydrogens is 1020 g/mol. The number of rotatable bonds is 30. The normalized spacial score (nSPS) is 11.1. The predicted molar refractivity (Wildman–Crippen MR) is 283 cm³/mol. The molecule has 0 atom stereocenters. The molecule has 29 heteroatoms. The molecule has 78 heavy (non-hydrogen) atoms.